The molecule has 2 aromatic rings. The second-order valence-electron chi connectivity index (χ2n) is 4.15. The summed E-state index contributed by atoms with van der Waals surface area (Å²) in [6, 6.07) is 7.97. The molecular formula is C14H9F4NO. The number of benzene rings is 2. The lowest BCUT2D eigenvalue weighted by molar-refractivity contribution is -0.140. The maximum absolute atomic E-state index is 13.1. The zero-order valence-corrected chi connectivity index (χ0v) is 10.0. The first-order valence-corrected chi connectivity index (χ1v) is 5.56. The average Bonchev–Trinajstić information content (AvgIpc) is 2.37. The Kier molecular flexibility index (Phi) is 3.48. The van der Waals surface area contributed by atoms with Gasteiger partial charge in [0.2, 0.25) is 0 Å². The third-order valence-corrected chi connectivity index (χ3v) is 2.68. The summed E-state index contributed by atoms with van der Waals surface area (Å²) >= 11 is 0. The van der Waals surface area contributed by atoms with Crippen molar-refractivity contribution in [3.63, 3.8) is 0 Å². The number of halogens is 4. The fourth-order valence-electron chi connectivity index (χ4n) is 1.73. The van der Waals surface area contributed by atoms with Gasteiger partial charge in [-0.05, 0) is 30.3 Å². The van der Waals surface area contributed by atoms with E-state index in [1.807, 2.05) is 0 Å². The van der Waals surface area contributed by atoms with Gasteiger partial charge in [-0.2, -0.15) is 13.2 Å². The first kappa shape index (κ1) is 14.0. The summed E-state index contributed by atoms with van der Waals surface area (Å²) in [4.78, 5) is 12.0. The van der Waals surface area contributed by atoms with Crippen molar-refractivity contribution in [2.24, 2.45) is 0 Å². The van der Waals surface area contributed by atoms with Crippen molar-refractivity contribution in [3.8, 4) is 0 Å². The van der Waals surface area contributed by atoms with E-state index < -0.39 is 23.3 Å². The van der Waals surface area contributed by atoms with Gasteiger partial charge < -0.3 is 5.73 Å². The van der Waals surface area contributed by atoms with Crippen molar-refractivity contribution < 1.29 is 22.4 Å². The van der Waals surface area contributed by atoms with Crippen LogP contribution in [0.4, 0.5) is 23.2 Å². The van der Waals surface area contributed by atoms with Crippen LogP contribution in [0.15, 0.2) is 42.5 Å². The number of alkyl halides is 3. The Bertz CT molecular complexity index is 664. The Morgan fingerprint density at radius 2 is 1.65 bits per heavy atom. The molecule has 20 heavy (non-hydrogen) atoms. The van der Waals surface area contributed by atoms with Crippen LogP contribution >= 0.6 is 0 Å². The quantitative estimate of drug-likeness (QED) is 0.519. The average molecular weight is 283 g/mol. The normalized spacial score (nSPS) is 11.4. The lowest BCUT2D eigenvalue weighted by Gasteiger charge is -2.09. The Morgan fingerprint density at radius 1 is 1.00 bits per heavy atom. The number of hydrogen-bond donors (Lipinski definition) is 1. The summed E-state index contributed by atoms with van der Waals surface area (Å²) < 4.78 is 50.9. The second kappa shape index (κ2) is 4.96. The van der Waals surface area contributed by atoms with E-state index in [1.165, 1.54) is 18.2 Å². The van der Waals surface area contributed by atoms with Crippen LogP contribution in [0.2, 0.25) is 0 Å². The molecule has 2 nitrogen and oxygen atoms in total. The van der Waals surface area contributed by atoms with Crippen molar-refractivity contribution >= 4 is 11.5 Å². The van der Waals surface area contributed by atoms with Gasteiger partial charge in [-0.3, -0.25) is 4.79 Å². The van der Waals surface area contributed by atoms with Gasteiger partial charge >= 0.3 is 6.18 Å². The van der Waals surface area contributed by atoms with Crippen LogP contribution in [-0.2, 0) is 6.18 Å². The molecule has 0 aliphatic carbocycles. The highest BCUT2D eigenvalue weighted by molar-refractivity contribution is 6.09. The Labute approximate surface area is 111 Å². The molecule has 0 amide bonds. The van der Waals surface area contributed by atoms with Gasteiger partial charge in [0, 0.05) is 16.8 Å². The van der Waals surface area contributed by atoms with E-state index in [0.717, 1.165) is 6.07 Å². The molecule has 2 rings (SSSR count). The van der Waals surface area contributed by atoms with Gasteiger partial charge in [-0.25, -0.2) is 4.39 Å². The molecule has 0 aliphatic rings. The van der Waals surface area contributed by atoms with Gasteiger partial charge in [-0.15, -0.1) is 0 Å². The number of anilines is 1. The molecule has 0 saturated heterocycles. The minimum atomic E-state index is -4.85. The Balaban J connectivity index is 2.46. The van der Waals surface area contributed by atoms with E-state index >= 15 is 0 Å². The Hall–Kier alpha value is -2.37. The minimum Gasteiger partial charge on any atom is -0.399 e. The lowest BCUT2D eigenvalue weighted by atomic mass is 10.0. The fourth-order valence-corrected chi connectivity index (χ4v) is 1.73. The molecule has 0 spiro atoms. The molecule has 6 heteroatoms. The number of ketones is 1. The van der Waals surface area contributed by atoms with Crippen molar-refractivity contribution in [1.29, 1.82) is 0 Å². The highest BCUT2D eigenvalue weighted by atomic mass is 19.4. The van der Waals surface area contributed by atoms with Crippen molar-refractivity contribution in [3.05, 3.63) is 65.0 Å². The van der Waals surface area contributed by atoms with Crippen LogP contribution in [0, 0.1) is 5.82 Å². The predicted octanol–water partition coefficient (Wildman–Crippen LogP) is 3.66. The third-order valence-electron chi connectivity index (χ3n) is 2.68. The molecule has 0 radical (unpaired) electrons. The number of rotatable bonds is 2. The molecule has 2 N–H and O–H groups in total. The van der Waals surface area contributed by atoms with Crippen LogP contribution in [0.1, 0.15) is 21.5 Å². The first-order chi connectivity index (χ1) is 9.29. The number of nitrogens with two attached hydrogens (primary N) is 1. The molecule has 0 heterocycles. The number of carbonyl (C=O) groups excluding carboxylic acids is 1. The summed E-state index contributed by atoms with van der Waals surface area (Å²) in [5.41, 5.74) is 4.25. The van der Waals surface area contributed by atoms with Crippen LogP contribution in [0.5, 0.6) is 0 Å². The van der Waals surface area contributed by atoms with Crippen LogP contribution in [0.25, 0.3) is 0 Å². The second-order valence-corrected chi connectivity index (χ2v) is 4.15. The van der Waals surface area contributed by atoms with Crippen molar-refractivity contribution in [2.75, 3.05) is 5.73 Å². The van der Waals surface area contributed by atoms with E-state index in [9.17, 15) is 22.4 Å². The van der Waals surface area contributed by atoms with Gasteiger partial charge in [0.15, 0.2) is 5.78 Å². The lowest BCUT2D eigenvalue weighted by Crippen LogP contribution is -2.11. The highest BCUT2D eigenvalue weighted by Crippen LogP contribution is 2.32. The molecule has 0 aliphatic heterocycles. The molecule has 0 fully saturated rings. The van der Waals surface area contributed by atoms with E-state index in [-0.39, 0.29) is 11.1 Å². The molecule has 0 saturated carbocycles. The maximum Gasteiger partial charge on any atom is 0.419 e. The Morgan fingerprint density at radius 3 is 2.25 bits per heavy atom. The summed E-state index contributed by atoms with van der Waals surface area (Å²) in [5.74, 6) is -2.07. The minimum absolute atomic E-state index is 0.143. The SMILES string of the molecule is Nc1cccc(C(=O)c2ccc(F)c(C(F)(F)F)c2)c1. The number of carbonyl (C=O) groups is 1. The standard InChI is InChI=1S/C14H9F4NO/c15-12-5-4-9(7-11(12)14(16,17)18)13(20)8-2-1-3-10(19)6-8/h1-7H,19H2. The largest absolute Gasteiger partial charge is 0.419 e. The summed E-state index contributed by atoms with van der Waals surface area (Å²) in [5, 5.41) is 0. The maximum atomic E-state index is 13.1. The van der Waals surface area contributed by atoms with Crippen molar-refractivity contribution in [2.45, 2.75) is 6.18 Å². The smallest absolute Gasteiger partial charge is 0.399 e. The monoisotopic (exact) mass is 283 g/mol. The molecular weight excluding hydrogens is 274 g/mol. The van der Waals surface area contributed by atoms with E-state index in [4.69, 9.17) is 5.73 Å². The molecule has 0 aromatic heterocycles. The van der Waals surface area contributed by atoms with Gasteiger partial charge in [-0.1, -0.05) is 12.1 Å². The number of nitrogen functional groups attached to an aromatic ring is 1. The van der Waals surface area contributed by atoms with Gasteiger partial charge in [0.25, 0.3) is 0 Å². The number of hydrogen-bond acceptors (Lipinski definition) is 2. The molecule has 2 aromatic carbocycles. The van der Waals surface area contributed by atoms with E-state index in [1.54, 1.807) is 6.07 Å². The first-order valence-electron chi connectivity index (χ1n) is 5.56. The van der Waals surface area contributed by atoms with Gasteiger partial charge in [0.05, 0.1) is 5.56 Å². The zero-order valence-electron chi connectivity index (χ0n) is 10.0. The molecule has 0 bridgehead atoms. The topological polar surface area (TPSA) is 43.1 Å². The molecule has 104 valence electrons. The molecule has 0 unspecified atom stereocenters. The van der Waals surface area contributed by atoms with Crippen molar-refractivity contribution in [1.82, 2.24) is 0 Å². The van der Waals surface area contributed by atoms with Crippen LogP contribution in [0.3, 0.4) is 0 Å². The summed E-state index contributed by atoms with van der Waals surface area (Å²) in [6.45, 7) is 0. The van der Waals surface area contributed by atoms with Crippen LogP contribution < -0.4 is 5.73 Å². The molecule has 0 atom stereocenters. The predicted molar refractivity (Wildman–Crippen MR) is 65.7 cm³/mol. The van der Waals surface area contributed by atoms with E-state index in [2.05, 4.69) is 0 Å². The highest BCUT2D eigenvalue weighted by Gasteiger charge is 2.34. The summed E-state index contributed by atoms with van der Waals surface area (Å²) in [7, 11) is 0. The van der Waals surface area contributed by atoms with Gasteiger partial charge in [0.1, 0.15) is 5.82 Å². The fraction of sp³-hybridized carbons (Fsp3) is 0.0714. The van der Waals surface area contributed by atoms with Crippen LogP contribution in [-0.4, -0.2) is 5.78 Å². The van der Waals surface area contributed by atoms with E-state index in [0.29, 0.717) is 17.8 Å². The zero-order chi connectivity index (χ0) is 14.9. The summed E-state index contributed by atoms with van der Waals surface area (Å²) in [6.07, 6.45) is -4.85. The third kappa shape index (κ3) is 2.79.